The van der Waals surface area contributed by atoms with Crippen LogP contribution in [0, 0.1) is 5.92 Å². The number of rotatable bonds is 5. The molecule has 5 heteroatoms. The van der Waals surface area contributed by atoms with Crippen LogP contribution in [0.1, 0.15) is 39.6 Å². The van der Waals surface area contributed by atoms with Gasteiger partial charge < -0.3 is 15.2 Å². The lowest BCUT2D eigenvalue weighted by molar-refractivity contribution is 0.324. The first-order valence-corrected chi connectivity index (χ1v) is 5.44. The van der Waals surface area contributed by atoms with Gasteiger partial charge in [-0.05, 0) is 24.9 Å². The van der Waals surface area contributed by atoms with Gasteiger partial charge in [0.25, 0.3) is 5.95 Å². The minimum Gasteiger partial charge on any atom is -0.339 e. The minimum atomic E-state index is -0.179. The molecule has 0 aliphatic rings. The second kappa shape index (κ2) is 5.11. The number of hydrogen-bond acceptors (Lipinski definition) is 5. The van der Waals surface area contributed by atoms with Gasteiger partial charge in [-0.2, -0.15) is 4.98 Å². The van der Waals surface area contributed by atoms with Gasteiger partial charge in [-0.15, -0.1) is 0 Å². The molecule has 0 fully saturated rings. The molecule has 0 saturated carbocycles. The molecule has 15 heavy (non-hydrogen) atoms. The Morgan fingerprint density at radius 1 is 1.33 bits per heavy atom. The summed E-state index contributed by atoms with van der Waals surface area (Å²) in [6.45, 7) is 9.92. The Hall–Kier alpha value is -1.10. The molecule has 0 unspecified atom stereocenters. The predicted molar refractivity (Wildman–Crippen MR) is 59.6 cm³/mol. The molecular formula is C10H20N4O. The molecule has 0 amide bonds. The van der Waals surface area contributed by atoms with Crippen LogP contribution in [0.25, 0.3) is 0 Å². The molecule has 0 spiro atoms. The van der Waals surface area contributed by atoms with E-state index in [2.05, 4.69) is 24.0 Å². The van der Waals surface area contributed by atoms with Crippen LogP contribution in [0.2, 0.25) is 0 Å². The Kier molecular flexibility index (Phi) is 4.08. The van der Waals surface area contributed by atoms with Gasteiger partial charge in [0.15, 0.2) is 0 Å². The van der Waals surface area contributed by atoms with Crippen molar-refractivity contribution in [2.45, 2.75) is 33.7 Å². The Labute approximate surface area is 90.6 Å². The zero-order chi connectivity index (χ0) is 11.4. The highest BCUT2D eigenvalue weighted by atomic mass is 16.5. The van der Waals surface area contributed by atoms with Gasteiger partial charge in [0.1, 0.15) is 0 Å². The van der Waals surface area contributed by atoms with E-state index < -0.39 is 0 Å². The lowest BCUT2D eigenvalue weighted by Crippen LogP contribution is -2.23. The van der Waals surface area contributed by atoms with Crippen molar-refractivity contribution in [2.24, 2.45) is 11.7 Å². The molecule has 1 atom stereocenters. The van der Waals surface area contributed by atoms with Crippen LogP contribution in [-0.2, 0) is 0 Å². The topological polar surface area (TPSA) is 68.2 Å². The Balaban J connectivity index is 2.79. The third-order valence-corrected chi connectivity index (χ3v) is 2.48. The van der Waals surface area contributed by atoms with E-state index in [1.807, 2.05) is 18.7 Å². The summed E-state index contributed by atoms with van der Waals surface area (Å²) in [5.74, 6) is 1.45. The maximum Gasteiger partial charge on any atom is 0.266 e. The first-order chi connectivity index (χ1) is 7.10. The molecule has 0 radical (unpaired) electrons. The van der Waals surface area contributed by atoms with E-state index in [1.54, 1.807) is 0 Å². The van der Waals surface area contributed by atoms with Crippen molar-refractivity contribution in [3.63, 3.8) is 0 Å². The van der Waals surface area contributed by atoms with Crippen molar-refractivity contribution in [3.8, 4) is 0 Å². The third-order valence-electron chi connectivity index (χ3n) is 2.48. The van der Waals surface area contributed by atoms with Crippen molar-refractivity contribution < 1.29 is 4.52 Å². The zero-order valence-corrected chi connectivity index (χ0v) is 9.90. The third kappa shape index (κ3) is 2.68. The molecule has 0 saturated heterocycles. The summed E-state index contributed by atoms with van der Waals surface area (Å²) >= 11 is 0. The molecule has 0 aliphatic carbocycles. The van der Waals surface area contributed by atoms with Gasteiger partial charge in [0.05, 0.1) is 6.04 Å². The van der Waals surface area contributed by atoms with Crippen LogP contribution in [0.3, 0.4) is 0 Å². The summed E-state index contributed by atoms with van der Waals surface area (Å²) in [6.07, 6.45) is 0. The van der Waals surface area contributed by atoms with Crippen molar-refractivity contribution >= 4 is 5.95 Å². The zero-order valence-electron chi connectivity index (χ0n) is 9.90. The summed E-state index contributed by atoms with van der Waals surface area (Å²) in [5, 5.41) is 3.92. The maximum atomic E-state index is 5.92. The van der Waals surface area contributed by atoms with Crippen LogP contribution in [0.4, 0.5) is 5.95 Å². The fraction of sp³-hybridized carbons (Fsp3) is 0.800. The van der Waals surface area contributed by atoms with Crippen LogP contribution < -0.4 is 10.6 Å². The quantitative estimate of drug-likeness (QED) is 0.802. The highest BCUT2D eigenvalue weighted by molar-refractivity contribution is 5.27. The molecule has 1 aromatic heterocycles. The van der Waals surface area contributed by atoms with Gasteiger partial charge in [-0.1, -0.05) is 13.8 Å². The lowest BCUT2D eigenvalue weighted by Gasteiger charge is -2.14. The van der Waals surface area contributed by atoms with Crippen molar-refractivity contribution in [3.05, 3.63) is 5.89 Å². The van der Waals surface area contributed by atoms with Gasteiger partial charge >= 0.3 is 0 Å². The smallest absolute Gasteiger partial charge is 0.266 e. The molecular weight excluding hydrogens is 192 g/mol. The number of nitrogens with two attached hydrogens (primary N) is 1. The summed E-state index contributed by atoms with van der Waals surface area (Å²) in [4.78, 5) is 6.32. The maximum absolute atomic E-state index is 5.92. The highest BCUT2D eigenvalue weighted by Gasteiger charge is 2.19. The number of nitrogens with zero attached hydrogens (tertiary/aromatic N) is 3. The molecule has 2 N–H and O–H groups in total. The molecule has 5 nitrogen and oxygen atoms in total. The standard InChI is InChI=1S/C10H20N4O/c1-5-14(6-2)10-12-9(15-13-10)8(11)7(3)4/h7-8H,5-6,11H2,1-4H3/t8-/m1/s1. The van der Waals surface area contributed by atoms with Gasteiger partial charge in [-0.3, -0.25) is 0 Å². The van der Waals surface area contributed by atoms with E-state index in [0.29, 0.717) is 17.8 Å². The van der Waals surface area contributed by atoms with E-state index in [0.717, 1.165) is 13.1 Å². The van der Waals surface area contributed by atoms with Gasteiger partial charge in [0, 0.05) is 13.1 Å². The number of anilines is 1. The minimum absolute atomic E-state index is 0.179. The SMILES string of the molecule is CCN(CC)c1noc([C@H](N)C(C)C)n1. The van der Waals surface area contributed by atoms with Crippen LogP contribution >= 0.6 is 0 Å². The average molecular weight is 212 g/mol. The summed E-state index contributed by atoms with van der Waals surface area (Å²) < 4.78 is 5.14. The van der Waals surface area contributed by atoms with Crippen LogP contribution in [0.5, 0.6) is 0 Å². The summed E-state index contributed by atoms with van der Waals surface area (Å²) in [5.41, 5.74) is 5.92. The van der Waals surface area contributed by atoms with E-state index in [-0.39, 0.29) is 6.04 Å². The highest BCUT2D eigenvalue weighted by Crippen LogP contribution is 2.19. The fourth-order valence-electron chi connectivity index (χ4n) is 1.28. The van der Waals surface area contributed by atoms with E-state index in [1.165, 1.54) is 0 Å². The average Bonchev–Trinajstić information content (AvgIpc) is 2.67. The Morgan fingerprint density at radius 2 is 1.93 bits per heavy atom. The van der Waals surface area contributed by atoms with Crippen molar-refractivity contribution in [1.29, 1.82) is 0 Å². The molecule has 0 bridgehead atoms. The predicted octanol–water partition coefficient (Wildman–Crippen LogP) is 1.57. The fourth-order valence-corrected chi connectivity index (χ4v) is 1.28. The number of aromatic nitrogens is 2. The van der Waals surface area contributed by atoms with Crippen molar-refractivity contribution in [2.75, 3.05) is 18.0 Å². The van der Waals surface area contributed by atoms with Crippen LogP contribution in [-0.4, -0.2) is 23.2 Å². The number of hydrogen-bond donors (Lipinski definition) is 1. The molecule has 1 aromatic rings. The Bertz CT molecular complexity index is 277. The summed E-state index contributed by atoms with van der Waals surface area (Å²) in [6, 6.07) is -0.179. The van der Waals surface area contributed by atoms with E-state index in [4.69, 9.17) is 10.3 Å². The first kappa shape index (κ1) is 12.0. The van der Waals surface area contributed by atoms with Crippen LogP contribution in [0.15, 0.2) is 4.52 Å². The monoisotopic (exact) mass is 212 g/mol. The first-order valence-electron chi connectivity index (χ1n) is 5.44. The van der Waals surface area contributed by atoms with Gasteiger partial charge in [-0.25, -0.2) is 0 Å². The molecule has 86 valence electrons. The Morgan fingerprint density at radius 3 is 2.40 bits per heavy atom. The van der Waals surface area contributed by atoms with Crippen molar-refractivity contribution in [1.82, 2.24) is 10.1 Å². The lowest BCUT2D eigenvalue weighted by atomic mass is 10.1. The molecule has 0 aliphatic heterocycles. The van der Waals surface area contributed by atoms with Gasteiger partial charge in [0.2, 0.25) is 5.89 Å². The molecule has 0 aromatic carbocycles. The normalized spacial score (nSPS) is 13.2. The second-order valence-corrected chi connectivity index (χ2v) is 3.87. The van der Waals surface area contributed by atoms with E-state index in [9.17, 15) is 0 Å². The molecule has 1 rings (SSSR count). The summed E-state index contributed by atoms with van der Waals surface area (Å²) in [7, 11) is 0. The van der Waals surface area contributed by atoms with E-state index >= 15 is 0 Å². The largest absolute Gasteiger partial charge is 0.339 e. The second-order valence-electron chi connectivity index (χ2n) is 3.87. The molecule has 1 heterocycles.